The summed E-state index contributed by atoms with van der Waals surface area (Å²) in [4.78, 5) is 2.52. The normalized spacial score (nSPS) is 11.9. The molecule has 0 amide bonds. The summed E-state index contributed by atoms with van der Waals surface area (Å²) in [5.74, 6) is 0.135. The van der Waals surface area contributed by atoms with Gasteiger partial charge < -0.3 is 5.11 Å². The number of benzene rings is 2. The van der Waals surface area contributed by atoms with E-state index in [1.165, 1.54) is 32.0 Å². The molecule has 0 aliphatic carbocycles. The van der Waals surface area contributed by atoms with Crippen LogP contribution < -0.4 is 0 Å². The zero-order chi connectivity index (χ0) is 22.0. The summed E-state index contributed by atoms with van der Waals surface area (Å²) < 4.78 is 2.29. The maximum atomic E-state index is 10.9. The average molecular weight is 576 g/mol. The third-order valence-corrected chi connectivity index (χ3v) is 8.93. The minimum atomic E-state index is -0.755. The molecular weight excluding hydrogens is 552 g/mol. The molecule has 0 fully saturated rings. The van der Waals surface area contributed by atoms with Crippen LogP contribution in [0.1, 0.15) is 25.0 Å². The zero-order valence-electron chi connectivity index (χ0n) is 17.4. The quantitative estimate of drug-likeness (QED) is 0.233. The van der Waals surface area contributed by atoms with Gasteiger partial charge in [0.25, 0.3) is 0 Å². The molecule has 0 unspecified atom stereocenters. The minimum Gasteiger partial charge on any atom is -0.390 e. The van der Waals surface area contributed by atoms with E-state index in [0.29, 0.717) is 0 Å². The van der Waals surface area contributed by atoms with Crippen molar-refractivity contribution < 1.29 is 5.11 Å². The van der Waals surface area contributed by atoms with Crippen LogP contribution in [0.15, 0.2) is 80.4 Å². The first kappa shape index (κ1) is 22.9. The van der Waals surface area contributed by atoms with E-state index in [1.807, 2.05) is 13.8 Å². The molecule has 0 saturated carbocycles. The topological polar surface area (TPSA) is 20.2 Å². The highest BCUT2D eigenvalue weighted by Gasteiger charge is 2.27. The Bertz CT molecular complexity index is 1050. The number of aliphatic hydroxyl groups is 1. The van der Waals surface area contributed by atoms with Gasteiger partial charge in [-0.3, -0.25) is 0 Å². The van der Waals surface area contributed by atoms with Crippen LogP contribution in [0, 0.1) is 5.92 Å². The second-order valence-corrected chi connectivity index (χ2v) is 13.3. The van der Waals surface area contributed by atoms with E-state index in [-0.39, 0.29) is 5.92 Å². The van der Waals surface area contributed by atoms with Gasteiger partial charge in [0, 0.05) is 9.75 Å². The predicted octanol–water partition coefficient (Wildman–Crippen LogP) is 8.84. The van der Waals surface area contributed by atoms with Gasteiger partial charge in [-0.15, -0.1) is 22.7 Å². The Balaban J connectivity index is 1.48. The molecule has 2 heterocycles. The average Bonchev–Trinajstić information content (AvgIpc) is 3.36. The molecule has 31 heavy (non-hydrogen) atoms. The molecule has 1 nitrogen and oxygen atoms in total. The van der Waals surface area contributed by atoms with Crippen molar-refractivity contribution in [3.63, 3.8) is 0 Å². The van der Waals surface area contributed by atoms with Crippen LogP contribution in [-0.2, 0) is 12.8 Å². The van der Waals surface area contributed by atoms with Crippen molar-refractivity contribution in [2.45, 2.75) is 32.3 Å². The Morgan fingerprint density at radius 1 is 0.677 bits per heavy atom. The standard InChI is InChI=1S/C26H24Br2OS2/c1-26(2,29)21(15-17-3-7-19(8-4-17)22-11-13-24(27)30-22)16-18-5-9-20(10-6-18)23-12-14-25(28)31-23/h3-14,21,29H,15-16H2,1-2H3. The van der Waals surface area contributed by atoms with E-state index in [9.17, 15) is 5.11 Å². The number of thiophene rings is 2. The first-order valence-electron chi connectivity index (χ1n) is 10.2. The molecule has 0 atom stereocenters. The highest BCUT2D eigenvalue weighted by Crippen LogP contribution is 2.34. The molecule has 0 radical (unpaired) electrons. The van der Waals surface area contributed by atoms with E-state index in [0.717, 1.165) is 20.4 Å². The van der Waals surface area contributed by atoms with E-state index in [1.54, 1.807) is 22.7 Å². The number of halogens is 2. The molecular formula is C26H24Br2OS2. The zero-order valence-corrected chi connectivity index (χ0v) is 22.2. The largest absolute Gasteiger partial charge is 0.390 e. The lowest BCUT2D eigenvalue weighted by atomic mass is 9.81. The monoisotopic (exact) mass is 574 g/mol. The first-order valence-corrected chi connectivity index (χ1v) is 13.4. The Morgan fingerprint density at radius 2 is 1.06 bits per heavy atom. The third-order valence-electron chi connectivity index (χ3n) is 5.59. The summed E-state index contributed by atoms with van der Waals surface area (Å²) in [6.45, 7) is 3.85. The summed E-state index contributed by atoms with van der Waals surface area (Å²) in [6, 6.07) is 26.0. The van der Waals surface area contributed by atoms with Crippen LogP contribution in [0.4, 0.5) is 0 Å². The summed E-state index contributed by atoms with van der Waals surface area (Å²) in [5.41, 5.74) is 4.22. The predicted molar refractivity (Wildman–Crippen MR) is 142 cm³/mol. The summed E-state index contributed by atoms with van der Waals surface area (Å²) in [6.07, 6.45) is 1.69. The molecule has 0 saturated heterocycles. The van der Waals surface area contributed by atoms with Crippen molar-refractivity contribution in [3.8, 4) is 20.9 Å². The van der Waals surface area contributed by atoms with E-state index in [4.69, 9.17) is 0 Å². The van der Waals surface area contributed by atoms with Crippen molar-refractivity contribution in [2.24, 2.45) is 5.92 Å². The maximum absolute atomic E-state index is 10.9. The van der Waals surface area contributed by atoms with Crippen molar-refractivity contribution >= 4 is 54.5 Å². The van der Waals surface area contributed by atoms with Gasteiger partial charge in [-0.05, 0) is 111 Å². The van der Waals surface area contributed by atoms with Gasteiger partial charge in [-0.2, -0.15) is 0 Å². The molecule has 4 aromatic rings. The minimum absolute atomic E-state index is 0.135. The van der Waals surface area contributed by atoms with Crippen LogP contribution in [-0.4, -0.2) is 10.7 Å². The summed E-state index contributed by atoms with van der Waals surface area (Å²) >= 11 is 10.6. The molecule has 1 N–H and O–H groups in total. The van der Waals surface area contributed by atoms with Crippen LogP contribution in [0.25, 0.3) is 20.9 Å². The van der Waals surface area contributed by atoms with E-state index >= 15 is 0 Å². The first-order chi connectivity index (χ1) is 14.8. The molecule has 160 valence electrons. The van der Waals surface area contributed by atoms with E-state index in [2.05, 4.69) is 105 Å². The molecule has 2 aromatic heterocycles. The van der Waals surface area contributed by atoms with Crippen molar-refractivity contribution in [3.05, 3.63) is 91.5 Å². The van der Waals surface area contributed by atoms with Gasteiger partial charge >= 0.3 is 0 Å². The van der Waals surface area contributed by atoms with Gasteiger partial charge in [0.1, 0.15) is 0 Å². The Hall–Kier alpha value is -1.24. The fraction of sp³-hybridized carbons (Fsp3) is 0.231. The van der Waals surface area contributed by atoms with Crippen molar-refractivity contribution in [1.29, 1.82) is 0 Å². The SMILES string of the molecule is CC(C)(O)C(Cc1ccc(-c2ccc(Br)s2)cc1)Cc1ccc(-c2ccc(Br)s2)cc1. The van der Waals surface area contributed by atoms with Crippen LogP contribution in [0.3, 0.4) is 0 Å². The summed E-state index contributed by atoms with van der Waals surface area (Å²) in [7, 11) is 0. The highest BCUT2D eigenvalue weighted by molar-refractivity contribution is 9.11. The molecule has 0 spiro atoms. The molecule has 0 aliphatic rings. The lowest BCUT2D eigenvalue weighted by molar-refractivity contribution is 0.0171. The van der Waals surface area contributed by atoms with Gasteiger partial charge in [0.15, 0.2) is 0 Å². The fourth-order valence-electron chi connectivity index (χ4n) is 3.69. The van der Waals surface area contributed by atoms with Gasteiger partial charge in [-0.25, -0.2) is 0 Å². The molecule has 0 aliphatic heterocycles. The third kappa shape index (κ3) is 5.96. The van der Waals surface area contributed by atoms with Crippen LogP contribution >= 0.6 is 54.5 Å². The van der Waals surface area contributed by atoms with Gasteiger partial charge in [0.2, 0.25) is 0 Å². The van der Waals surface area contributed by atoms with Crippen molar-refractivity contribution in [1.82, 2.24) is 0 Å². The van der Waals surface area contributed by atoms with Crippen LogP contribution in [0.2, 0.25) is 0 Å². The lowest BCUT2D eigenvalue weighted by Crippen LogP contribution is -2.34. The Kier molecular flexibility index (Phi) is 7.19. The lowest BCUT2D eigenvalue weighted by Gasteiger charge is -2.30. The van der Waals surface area contributed by atoms with Crippen LogP contribution in [0.5, 0.6) is 0 Å². The fourth-order valence-corrected chi connectivity index (χ4v) is 6.47. The van der Waals surface area contributed by atoms with Gasteiger partial charge in [-0.1, -0.05) is 48.5 Å². The van der Waals surface area contributed by atoms with Gasteiger partial charge in [0.05, 0.1) is 13.2 Å². The highest BCUT2D eigenvalue weighted by atomic mass is 79.9. The Morgan fingerprint density at radius 3 is 1.35 bits per heavy atom. The van der Waals surface area contributed by atoms with E-state index < -0.39 is 5.60 Å². The number of rotatable bonds is 7. The number of hydrogen-bond acceptors (Lipinski definition) is 3. The smallest absolute Gasteiger partial charge is 0.0705 e. The second kappa shape index (κ2) is 9.72. The molecule has 0 bridgehead atoms. The number of hydrogen-bond donors (Lipinski definition) is 1. The Labute approximate surface area is 209 Å². The molecule has 5 heteroatoms. The maximum Gasteiger partial charge on any atom is 0.0705 e. The second-order valence-electron chi connectivity index (χ2n) is 8.36. The molecule has 4 rings (SSSR count). The van der Waals surface area contributed by atoms with Crippen molar-refractivity contribution in [2.75, 3.05) is 0 Å². The molecule has 2 aromatic carbocycles. The summed E-state index contributed by atoms with van der Waals surface area (Å²) in [5, 5.41) is 10.9.